The number of rotatable bonds is 10. The molecule has 37 heavy (non-hydrogen) atoms. The molecule has 1 atom stereocenters. The summed E-state index contributed by atoms with van der Waals surface area (Å²) in [5.74, 6) is 2.08. The molecule has 0 aliphatic carbocycles. The van der Waals surface area contributed by atoms with Crippen molar-refractivity contribution in [2.24, 2.45) is 0 Å². The first kappa shape index (κ1) is 30.4. The zero-order chi connectivity index (χ0) is 26.6. The van der Waals surface area contributed by atoms with Gasteiger partial charge in [0.05, 0.1) is 27.6 Å². The predicted octanol–water partition coefficient (Wildman–Crippen LogP) is 7.18. The highest BCUT2D eigenvalue weighted by Gasteiger charge is 2.23. The molecule has 0 aliphatic rings. The molecule has 0 saturated heterocycles. The van der Waals surface area contributed by atoms with Crippen LogP contribution in [0, 0.1) is 13.8 Å². The molecule has 0 bridgehead atoms. The summed E-state index contributed by atoms with van der Waals surface area (Å²) in [7, 11) is -3.47. The third-order valence-electron chi connectivity index (χ3n) is 6.16. The highest BCUT2D eigenvalue weighted by molar-refractivity contribution is 7.92. The normalized spacial score (nSPS) is 12.3. The van der Waals surface area contributed by atoms with E-state index in [4.69, 9.17) is 4.74 Å². The van der Waals surface area contributed by atoms with Crippen molar-refractivity contribution in [2.45, 2.75) is 84.0 Å². The summed E-state index contributed by atoms with van der Waals surface area (Å²) in [6.07, 6.45) is 2.76. The molecular weight excluding hydrogens is 504 g/mol. The van der Waals surface area contributed by atoms with Crippen LogP contribution in [-0.4, -0.2) is 29.7 Å². The fraction of sp³-hybridized carbons (Fsp3) is 0.429. The van der Waals surface area contributed by atoms with Gasteiger partial charge in [0.2, 0.25) is 5.95 Å². The topological polar surface area (TPSA) is 93.2 Å². The van der Waals surface area contributed by atoms with Crippen molar-refractivity contribution in [1.29, 1.82) is 0 Å². The lowest BCUT2D eigenvalue weighted by molar-refractivity contribution is 0.243. The molecule has 2 N–H and O–H groups in total. The molecule has 9 heteroatoms. The van der Waals surface area contributed by atoms with Crippen LogP contribution in [0.15, 0.2) is 47.5 Å². The van der Waals surface area contributed by atoms with Crippen molar-refractivity contribution in [1.82, 2.24) is 9.97 Å². The average molecular weight is 545 g/mol. The lowest BCUT2D eigenvalue weighted by Crippen LogP contribution is -2.16. The Bertz CT molecular complexity index is 1320. The number of nitrogens with zero attached hydrogens (tertiary/aromatic N) is 2. The maximum Gasteiger partial charge on any atom is 0.229 e. The Balaban J connectivity index is 0.00000481. The van der Waals surface area contributed by atoms with Crippen LogP contribution in [0.2, 0.25) is 0 Å². The van der Waals surface area contributed by atoms with Gasteiger partial charge in [-0.25, -0.2) is 13.4 Å². The number of sulfone groups is 1. The Morgan fingerprint density at radius 1 is 0.946 bits per heavy atom. The van der Waals surface area contributed by atoms with Crippen LogP contribution in [-0.2, 0) is 9.84 Å². The zero-order valence-corrected chi connectivity index (χ0v) is 24.8. The fourth-order valence-electron chi connectivity index (χ4n) is 3.85. The first-order valence-corrected chi connectivity index (χ1v) is 14.0. The molecule has 0 amide bonds. The maximum atomic E-state index is 12.9. The minimum absolute atomic E-state index is 0. The van der Waals surface area contributed by atoms with Crippen molar-refractivity contribution >= 4 is 46.5 Å². The van der Waals surface area contributed by atoms with Gasteiger partial charge < -0.3 is 15.4 Å². The first-order valence-electron chi connectivity index (χ1n) is 12.5. The van der Waals surface area contributed by atoms with Crippen molar-refractivity contribution in [3.8, 4) is 5.75 Å². The second kappa shape index (κ2) is 12.6. The molecule has 1 aromatic heterocycles. The van der Waals surface area contributed by atoms with Crippen molar-refractivity contribution in [3.05, 3.63) is 59.3 Å². The Morgan fingerprint density at radius 3 is 2.24 bits per heavy atom. The third kappa shape index (κ3) is 7.17. The minimum Gasteiger partial charge on any atom is -0.489 e. The van der Waals surface area contributed by atoms with E-state index in [-0.39, 0.29) is 24.5 Å². The SMILES string of the molecule is CCC(C)c1cc(OC(C)C)c(Nc2ncc(C)c(Nc3ccccc3S(=O)(=O)C(C)C)n2)cc1C.S. The minimum atomic E-state index is -3.47. The summed E-state index contributed by atoms with van der Waals surface area (Å²) in [4.78, 5) is 9.38. The monoisotopic (exact) mass is 544 g/mol. The van der Waals surface area contributed by atoms with Crippen LogP contribution in [0.4, 0.5) is 23.1 Å². The smallest absolute Gasteiger partial charge is 0.229 e. The summed E-state index contributed by atoms with van der Waals surface area (Å²) in [5, 5.41) is 5.99. The number of para-hydroxylation sites is 1. The predicted molar refractivity (Wildman–Crippen MR) is 158 cm³/mol. The van der Waals surface area contributed by atoms with Crippen LogP contribution in [0.5, 0.6) is 5.75 Å². The lowest BCUT2D eigenvalue weighted by Gasteiger charge is -2.21. The fourth-order valence-corrected chi connectivity index (χ4v) is 5.05. The van der Waals surface area contributed by atoms with Gasteiger partial charge in [-0.2, -0.15) is 18.5 Å². The Labute approximate surface area is 228 Å². The molecule has 7 nitrogen and oxygen atoms in total. The van der Waals surface area contributed by atoms with E-state index in [0.29, 0.717) is 23.4 Å². The first-order chi connectivity index (χ1) is 16.9. The van der Waals surface area contributed by atoms with Gasteiger partial charge in [-0.15, -0.1) is 0 Å². The largest absolute Gasteiger partial charge is 0.489 e. The number of nitrogens with one attached hydrogen (secondary N) is 2. The summed E-state index contributed by atoms with van der Waals surface area (Å²) in [5.41, 5.74) is 4.48. The van der Waals surface area contributed by atoms with Gasteiger partial charge in [0.15, 0.2) is 9.84 Å². The van der Waals surface area contributed by atoms with Crippen molar-refractivity contribution in [3.63, 3.8) is 0 Å². The van der Waals surface area contributed by atoms with Crippen LogP contribution < -0.4 is 15.4 Å². The zero-order valence-electron chi connectivity index (χ0n) is 23.0. The van der Waals surface area contributed by atoms with E-state index in [2.05, 4.69) is 53.5 Å². The number of benzene rings is 2. The second-order valence-electron chi connectivity index (χ2n) is 9.75. The van der Waals surface area contributed by atoms with Gasteiger partial charge in [-0.1, -0.05) is 26.0 Å². The Morgan fingerprint density at radius 2 is 1.62 bits per heavy atom. The van der Waals surface area contributed by atoms with Crippen LogP contribution in [0.3, 0.4) is 0 Å². The summed E-state index contributed by atoms with van der Waals surface area (Å²) >= 11 is 0. The molecular formula is C28H40N4O3S2. The van der Waals surface area contributed by atoms with E-state index < -0.39 is 15.1 Å². The Kier molecular flexibility index (Phi) is 10.4. The van der Waals surface area contributed by atoms with Gasteiger partial charge in [-0.3, -0.25) is 0 Å². The highest BCUT2D eigenvalue weighted by Crippen LogP contribution is 2.35. The molecule has 202 valence electrons. The van der Waals surface area contributed by atoms with E-state index in [1.807, 2.05) is 20.8 Å². The number of aryl methyl sites for hydroxylation is 2. The van der Waals surface area contributed by atoms with Gasteiger partial charge in [0.25, 0.3) is 0 Å². The van der Waals surface area contributed by atoms with Gasteiger partial charge >= 0.3 is 0 Å². The van der Waals surface area contributed by atoms with Gasteiger partial charge in [0, 0.05) is 11.8 Å². The van der Waals surface area contributed by atoms with E-state index in [1.54, 1.807) is 44.3 Å². The van der Waals surface area contributed by atoms with Crippen LogP contribution in [0.1, 0.15) is 70.6 Å². The number of aromatic nitrogens is 2. The molecule has 0 saturated carbocycles. The number of anilines is 4. The molecule has 0 radical (unpaired) electrons. The number of hydrogen-bond acceptors (Lipinski definition) is 7. The van der Waals surface area contributed by atoms with Crippen molar-refractivity contribution in [2.75, 3.05) is 10.6 Å². The number of hydrogen-bond donors (Lipinski definition) is 2. The van der Waals surface area contributed by atoms with E-state index in [0.717, 1.165) is 23.4 Å². The quantitative estimate of drug-likeness (QED) is 0.279. The highest BCUT2D eigenvalue weighted by atomic mass is 32.2. The molecule has 1 unspecified atom stereocenters. The molecule has 3 aromatic rings. The molecule has 0 fully saturated rings. The van der Waals surface area contributed by atoms with Crippen LogP contribution in [0.25, 0.3) is 0 Å². The second-order valence-corrected chi connectivity index (χ2v) is 12.2. The number of ether oxygens (including phenoxy) is 1. The average Bonchev–Trinajstić information content (AvgIpc) is 2.82. The third-order valence-corrected chi connectivity index (χ3v) is 8.37. The van der Waals surface area contributed by atoms with E-state index in [1.165, 1.54) is 11.1 Å². The summed E-state index contributed by atoms with van der Waals surface area (Å²) in [6.45, 7) is 15.7. The maximum absolute atomic E-state index is 12.9. The Hall–Kier alpha value is -2.78. The van der Waals surface area contributed by atoms with E-state index >= 15 is 0 Å². The van der Waals surface area contributed by atoms with Gasteiger partial charge in [-0.05, 0) is 89.3 Å². The molecule has 2 aromatic carbocycles. The lowest BCUT2D eigenvalue weighted by atomic mass is 9.93. The van der Waals surface area contributed by atoms with Gasteiger partial charge in [0.1, 0.15) is 11.6 Å². The van der Waals surface area contributed by atoms with E-state index in [9.17, 15) is 8.42 Å². The molecule has 1 heterocycles. The molecule has 3 rings (SSSR count). The van der Waals surface area contributed by atoms with Crippen molar-refractivity contribution < 1.29 is 13.2 Å². The van der Waals surface area contributed by atoms with Crippen LogP contribution >= 0.6 is 13.5 Å². The summed E-state index contributed by atoms with van der Waals surface area (Å²) < 4.78 is 31.9. The standard InChI is InChI=1S/C28H38N4O3S.H2S/c1-9-19(6)22-15-25(35-17(2)3)24(14-20(22)7)31-28-29-16-21(8)27(32-28)30-23-12-10-11-13-26(23)36(33,34)18(4)5;/h10-19H,9H2,1-8H3,(H2,29,30,31,32);1H2. The molecule has 0 aliphatic heterocycles. The summed E-state index contributed by atoms with van der Waals surface area (Å²) in [6, 6.07) is 11.1. The molecule has 0 spiro atoms.